The third-order valence-corrected chi connectivity index (χ3v) is 1.13. The zero-order chi connectivity index (χ0) is 10.3. The molecule has 0 aliphatic carbocycles. The molecule has 0 amide bonds. The molecule has 0 spiro atoms. The number of hydrogen-bond acceptors (Lipinski definition) is 3. The van der Waals surface area contributed by atoms with Gasteiger partial charge in [-0.2, -0.15) is 13.2 Å². The molecule has 0 fully saturated rings. The number of rotatable bonds is 4. The number of nitrogens with two attached hydrogens (primary N) is 1. The second kappa shape index (κ2) is 5.76. The summed E-state index contributed by atoms with van der Waals surface area (Å²) in [5.41, 5.74) is 1.89. The molecule has 7 heteroatoms. The van der Waals surface area contributed by atoms with Crippen molar-refractivity contribution in [1.82, 2.24) is 5.43 Å². The molecule has 0 saturated carbocycles. The highest BCUT2D eigenvalue weighted by Crippen LogP contribution is 2.19. The molecule has 0 unspecified atom stereocenters. The van der Waals surface area contributed by atoms with E-state index in [0.29, 0.717) is 0 Å². The van der Waals surface area contributed by atoms with Gasteiger partial charge in [0.1, 0.15) is 12.3 Å². The predicted molar refractivity (Wildman–Crippen MR) is 42.2 cm³/mol. The minimum absolute atomic E-state index is 0.159. The molecule has 0 aliphatic heterocycles. The molecule has 0 aromatic carbocycles. The normalized spacial score (nSPS) is 13.2. The number of halogens is 3. The van der Waals surface area contributed by atoms with E-state index >= 15 is 0 Å². The molecule has 0 saturated heterocycles. The van der Waals surface area contributed by atoms with Gasteiger partial charge in [-0.3, -0.25) is 4.99 Å². The van der Waals surface area contributed by atoms with E-state index in [2.05, 4.69) is 9.73 Å². The molecule has 4 nitrogen and oxygen atoms in total. The van der Waals surface area contributed by atoms with Crippen LogP contribution in [0.2, 0.25) is 0 Å². The van der Waals surface area contributed by atoms with Crippen molar-refractivity contribution in [2.24, 2.45) is 10.8 Å². The highest BCUT2D eigenvalue weighted by atomic mass is 19.4. The van der Waals surface area contributed by atoms with E-state index in [4.69, 9.17) is 5.84 Å². The van der Waals surface area contributed by atoms with Crippen molar-refractivity contribution >= 4 is 5.84 Å². The largest absolute Gasteiger partial charge is 0.396 e. The van der Waals surface area contributed by atoms with Crippen molar-refractivity contribution in [3.63, 3.8) is 0 Å². The van der Waals surface area contributed by atoms with Crippen molar-refractivity contribution in [1.29, 1.82) is 0 Å². The number of nitrogens with one attached hydrogen (secondary N) is 1. The standard InChI is InChI=1S/C6H12F3N3O/c1-13-3-2-11-5(12-10)4-6(7,8)9/h2-4,10H2,1H3,(H,11,12). The minimum atomic E-state index is -4.29. The first-order valence-electron chi connectivity index (χ1n) is 3.55. The van der Waals surface area contributed by atoms with Gasteiger partial charge in [0, 0.05) is 7.11 Å². The van der Waals surface area contributed by atoms with Gasteiger partial charge < -0.3 is 10.2 Å². The first-order valence-corrected chi connectivity index (χ1v) is 3.55. The van der Waals surface area contributed by atoms with Crippen LogP contribution < -0.4 is 11.3 Å². The number of nitrogens with zero attached hydrogens (tertiary/aromatic N) is 1. The molecule has 0 radical (unpaired) electrons. The van der Waals surface area contributed by atoms with Crippen LogP contribution in [0.5, 0.6) is 0 Å². The topological polar surface area (TPSA) is 59.6 Å². The van der Waals surface area contributed by atoms with Crippen LogP contribution in [0.15, 0.2) is 4.99 Å². The SMILES string of the molecule is COCCN=C(CC(F)(F)F)NN. The van der Waals surface area contributed by atoms with Crippen LogP contribution in [0.4, 0.5) is 13.2 Å². The van der Waals surface area contributed by atoms with Gasteiger partial charge in [0.25, 0.3) is 0 Å². The molecule has 0 aliphatic rings. The Morgan fingerprint density at radius 2 is 2.15 bits per heavy atom. The number of amidine groups is 1. The monoisotopic (exact) mass is 199 g/mol. The van der Waals surface area contributed by atoms with E-state index in [9.17, 15) is 13.2 Å². The van der Waals surface area contributed by atoms with Gasteiger partial charge in [-0.05, 0) is 0 Å². The summed E-state index contributed by atoms with van der Waals surface area (Å²) in [7, 11) is 1.44. The van der Waals surface area contributed by atoms with Crippen molar-refractivity contribution in [2.75, 3.05) is 20.3 Å². The summed E-state index contributed by atoms with van der Waals surface area (Å²) in [6.45, 7) is 0.426. The van der Waals surface area contributed by atoms with Crippen LogP contribution in [0.3, 0.4) is 0 Å². The van der Waals surface area contributed by atoms with Gasteiger partial charge in [-0.1, -0.05) is 0 Å². The van der Waals surface area contributed by atoms with Gasteiger partial charge in [-0.25, -0.2) is 5.84 Å². The maximum atomic E-state index is 11.8. The number of methoxy groups -OCH3 is 1. The summed E-state index contributed by atoms with van der Waals surface area (Å²) in [6.07, 6.45) is -5.44. The van der Waals surface area contributed by atoms with Gasteiger partial charge >= 0.3 is 6.18 Å². The van der Waals surface area contributed by atoms with Crippen molar-refractivity contribution in [2.45, 2.75) is 12.6 Å². The van der Waals surface area contributed by atoms with Crippen LogP contribution >= 0.6 is 0 Å². The first kappa shape index (κ1) is 12.2. The highest BCUT2D eigenvalue weighted by Gasteiger charge is 2.29. The summed E-state index contributed by atoms with van der Waals surface area (Å²) in [5.74, 6) is 4.55. The lowest BCUT2D eigenvalue weighted by Crippen LogP contribution is -2.34. The number of hydrogen-bond donors (Lipinski definition) is 2. The van der Waals surface area contributed by atoms with E-state index in [0.717, 1.165) is 0 Å². The fourth-order valence-corrected chi connectivity index (χ4v) is 0.614. The van der Waals surface area contributed by atoms with Gasteiger partial charge in [0.15, 0.2) is 0 Å². The summed E-state index contributed by atoms with van der Waals surface area (Å²) < 4.78 is 40.0. The number of aliphatic imine (C=N–C) groups is 1. The zero-order valence-corrected chi connectivity index (χ0v) is 7.19. The lowest BCUT2D eigenvalue weighted by atomic mass is 10.4. The third kappa shape index (κ3) is 7.54. The van der Waals surface area contributed by atoms with E-state index in [1.165, 1.54) is 7.11 Å². The second-order valence-electron chi connectivity index (χ2n) is 2.26. The smallest absolute Gasteiger partial charge is 0.383 e. The molecule has 0 aromatic heterocycles. The van der Waals surface area contributed by atoms with Crippen LogP contribution in [0.1, 0.15) is 6.42 Å². The molecular formula is C6H12F3N3O. The molecule has 3 N–H and O–H groups in total. The van der Waals surface area contributed by atoms with Gasteiger partial charge in [0.05, 0.1) is 13.2 Å². The number of ether oxygens (including phenoxy) is 1. The summed E-state index contributed by atoms with van der Waals surface area (Å²) in [4.78, 5) is 3.55. The Morgan fingerprint density at radius 1 is 1.54 bits per heavy atom. The van der Waals surface area contributed by atoms with E-state index in [1.807, 2.05) is 5.43 Å². The van der Waals surface area contributed by atoms with Crippen LogP contribution in [-0.2, 0) is 4.74 Å². The number of alkyl halides is 3. The van der Waals surface area contributed by atoms with Crippen LogP contribution in [0, 0.1) is 0 Å². The first-order chi connectivity index (χ1) is 5.99. The molecule has 0 bridgehead atoms. The fourth-order valence-electron chi connectivity index (χ4n) is 0.614. The average Bonchev–Trinajstić information content (AvgIpc) is 2.01. The minimum Gasteiger partial charge on any atom is -0.383 e. The molecule has 0 atom stereocenters. The van der Waals surface area contributed by atoms with Crippen molar-refractivity contribution in [3.8, 4) is 0 Å². The maximum absolute atomic E-state index is 11.8. The Labute approximate surface area is 73.9 Å². The maximum Gasteiger partial charge on any atom is 0.396 e. The van der Waals surface area contributed by atoms with Crippen molar-refractivity contribution in [3.05, 3.63) is 0 Å². The quantitative estimate of drug-likeness (QED) is 0.227. The Hall–Kier alpha value is -0.820. The summed E-state index contributed by atoms with van der Waals surface area (Å²) in [6, 6.07) is 0. The number of hydrazine groups is 1. The van der Waals surface area contributed by atoms with E-state index < -0.39 is 12.6 Å². The average molecular weight is 199 g/mol. The second-order valence-corrected chi connectivity index (χ2v) is 2.26. The Balaban J connectivity index is 3.94. The predicted octanol–water partition coefficient (Wildman–Crippen LogP) is 0.447. The fraction of sp³-hybridized carbons (Fsp3) is 0.833. The highest BCUT2D eigenvalue weighted by molar-refractivity contribution is 5.82. The molecule has 13 heavy (non-hydrogen) atoms. The Bertz CT molecular complexity index is 169. The lowest BCUT2D eigenvalue weighted by Gasteiger charge is -2.08. The molecular weight excluding hydrogens is 187 g/mol. The van der Waals surface area contributed by atoms with Gasteiger partial charge in [-0.15, -0.1) is 0 Å². The summed E-state index contributed by atoms with van der Waals surface area (Å²) >= 11 is 0. The van der Waals surface area contributed by atoms with E-state index in [1.54, 1.807) is 0 Å². The van der Waals surface area contributed by atoms with E-state index in [-0.39, 0.29) is 19.0 Å². The third-order valence-electron chi connectivity index (χ3n) is 1.13. The van der Waals surface area contributed by atoms with Crippen LogP contribution in [0.25, 0.3) is 0 Å². The Kier molecular flexibility index (Phi) is 5.40. The molecule has 0 aromatic rings. The molecule has 0 rings (SSSR count). The zero-order valence-electron chi connectivity index (χ0n) is 7.19. The lowest BCUT2D eigenvalue weighted by molar-refractivity contribution is -0.121. The molecule has 0 heterocycles. The van der Waals surface area contributed by atoms with Crippen LogP contribution in [-0.4, -0.2) is 32.3 Å². The molecule has 78 valence electrons. The van der Waals surface area contributed by atoms with Gasteiger partial charge in [0.2, 0.25) is 0 Å². The Morgan fingerprint density at radius 3 is 2.54 bits per heavy atom. The summed E-state index contributed by atoms with van der Waals surface area (Å²) in [5, 5.41) is 0. The van der Waals surface area contributed by atoms with Crippen molar-refractivity contribution < 1.29 is 17.9 Å².